The van der Waals surface area contributed by atoms with Gasteiger partial charge in [0.15, 0.2) is 5.65 Å². The predicted molar refractivity (Wildman–Crippen MR) is 155 cm³/mol. The number of aromatic nitrogens is 2. The van der Waals surface area contributed by atoms with Crippen LogP contribution in [0.2, 0.25) is 0 Å². The van der Waals surface area contributed by atoms with Gasteiger partial charge in [0.05, 0.1) is 0 Å². The number of rotatable bonds is 5. The van der Waals surface area contributed by atoms with E-state index in [1.807, 2.05) is 26.8 Å². The first kappa shape index (κ1) is 28.8. The summed E-state index contributed by atoms with van der Waals surface area (Å²) in [6.07, 6.45) is 9.20. The number of hydrogen-bond acceptors (Lipinski definition) is 6. The smallest absolute Gasteiger partial charge is 0.407 e. The number of nitrogens with zero attached hydrogens (tertiary/aromatic N) is 3. The van der Waals surface area contributed by atoms with Crippen LogP contribution in [-0.2, 0) is 14.8 Å². The van der Waals surface area contributed by atoms with Gasteiger partial charge in [-0.25, -0.2) is 30.9 Å². The summed E-state index contributed by atoms with van der Waals surface area (Å²) in [6.45, 7) is 8.39. The van der Waals surface area contributed by atoms with Crippen LogP contribution in [0, 0.1) is 11.6 Å². The van der Waals surface area contributed by atoms with Gasteiger partial charge in [-0.05, 0) is 82.4 Å². The molecule has 3 aromatic rings. The molecule has 1 aliphatic heterocycles. The predicted octanol–water partition coefficient (Wildman–Crippen LogP) is 5.79. The monoisotopic (exact) mass is 584 g/mol. The zero-order chi connectivity index (χ0) is 29.6. The van der Waals surface area contributed by atoms with Crippen LogP contribution in [0.15, 0.2) is 61.0 Å². The average molecular weight is 585 g/mol. The van der Waals surface area contributed by atoms with Crippen molar-refractivity contribution in [2.45, 2.75) is 63.3 Å². The molecule has 5 rings (SSSR count). The molecule has 218 valence electrons. The molecule has 11 heteroatoms. The van der Waals surface area contributed by atoms with Gasteiger partial charge in [-0.1, -0.05) is 18.2 Å². The number of ether oxygens (including phenoxy) is 1. The van der Waals surface area contributed by atoms with E-state index in [1.165, 1.54) is 22.3 Å². The van der Waals surface area contributed by atoms with Crippen LogP contribution in [-0.4, -0.2) is 52.9 Å². The first-order valence-corrected chi connectivity index (χ1v) is 15.0. The molecule has 1 amide bonds. The number of pyridine rings is 1. The lowest BCUT2D eigenvalue weighted by molar-refractivity contribution is 0.0497. The number of carbonyl (C=O) groups is 1. The van der Waals surface area contributed by atoms with E-state index < -0.39 is 38.1 Å². The number of anilines is 1. The molecular weight excluding hydrogens is 550 g/mol. The third-order valence-electron chi connectivity index (χ3n) is 7.41. The van der Waals surface area contributed by atoms with Gasteiger partial charge in [0.1, 0.15) is 22.0 Å². The Morgan fingerprint density at radius 3 is 2.46 bits per heavy atom. The van der Waals surface area contributed by atoms with Crippen LogP contribution in [0.5, 0.6) is 0 Å². The Kier molecular flexibility index (Phi) is 7.44. The number of piperidine rings is 1. The van der Waals surface area contributed by atoms with Gasteiger partial charge in [-0.3, -0.25) is 0 Å². The summed E-state index contributed by atoms with van der Waals surface area (Å²) in [6, 6.07) is 6.74. The van der Waals surface area contributed by atoms with Gasteiger partial charge in [0, 0.05) is 48.7 Å². The lowest BCUT2D eigenvalue weighted by Crippen LogP contribution is -2.46. The Balaban J connectivity index is 1.39. The lowest BCUT2D eigenvalue weighted by Gasteiger charge is -2.34. The highest BCUT2D eigenvalue weighted by atomic mass is 32.2. The van der Waals surface area contributed by atoms with E-state index >= 15 is 0 Å². The Morgan fingerprint density at radius 1 is 1.12 bits per heavy atom. The maximum absolute atomic E-state index is 14.1. The zero-order valence-corrected chi connectivity index (χ0v) is 24.3. The fourth-order valence-corrected chi connectivity index (χ4v) is 7.00. The highest BCUT2D eigenvalue weighted by Gasteiger charge is 2.40. The molecule has 1 unspecified atom stereocenters. The Morgan fingerprint density at radius 2 is 1.80 bits per heavy atom. The molecule has 2 aliphatic rings. The van der Waals surface area contributed by atoms with Crippen molar-refractivity contribution in [3.05, 3.63) is 78.2 Å². The van der Waals surface area contributed by atoms with Crippen molar-refractivity contribution in [1.29, 1.82) is 0 Å². The number of amides is 1. The summed E-state index contributed by atoms with van der Waals surface area (Å²) in [5, 5.41) is 3.63. The van der Waals surface area contributed by atoms with E-state index in [2.05, 4.69) is 15.2 Å². The van der Waals surface area contributed by atoms with Crippen LogP contribution in [0.4, 0.5) is 19.3 Å². The largest absolute Gasteiger partial charge is 0.444 e. The van der Waals surface area contributed by atoms with Gasteiger partial charge in [0.2, 0.25) is 10.0 Å². The van der Waals surface area contributed by atoms with E-state index in [0.717, 1.165) is 11.8 Å². The Labute approximate surface area is 238 Å². The van der Waals surface area contributed by atoms with Crippen molar-refractivity contribution < 1.29 is 26.7 Å². The number of fused-ring (bicyclic) bond motifs is 1. The maximum Gasteiger partial charge on any atom is 0.407 e. The van der Waals surface area contributed by atoms with Crippen molar-refractivity contribution in [2.24, 2.45) is 0 Å². The summed E-state index contributed by atoms with van der Waals surface area (Å²) in [5.41, 5.74) is 1.29. The molecule has 41 heavy (non-hydrogen) atoms. The minimum Gasteiger partial charge on any atom is -0.444 e. The van der Waals surface area contributed by atoms with E-state index in [4.69, 9.17) is 4.74 Å². The SMILES string of the molecule is CC(C)(C)OC(=O)NC1CCN(c2ccnc3c2ccn3S(=O)(=O)C2(C)C=C(c3cc(F)cc(F)c3)C=CC2)CC1. The molecule has 1 N–H and O–H groups in total. The van der Waals surface area contributed by atoms with Gasteiger partial charge >= 0.3 is 6.09 Å². The van der Waals surface area contributed by atoms with Crippen molar-refractivity contribution in [1.82, 2.24) is 14.3 Å². The van der Waals surface area contributed by atoms with E-state index in [9.17, 15) is 22.0 Å². The fraction of sp³-hybridized carbons (Fsp3) is 0.400. The number of carbonyl (C=O) groups excluding carboxylic acids is 1. The quantitative estimate of drug-likeness (QED) is 0.408. The maximum atomic E-state index is 14.1. The second-order valence-electron chi connectivity index (χ2n) is 11.8. The summed E-state index contributed by atoms with van der Waals surface area (Å²) in [4.78, 5) is 18.8. The Bertz CT molecular complexity index is 1630. The zero-order valence-electron chi connectivity index (χ0n) is 23.5. The Hall–Kier alpha value is -3.73. The highest BCUT2D eigenvalue weighted by Crippen LogP contribution is 2.37. The van der Waals surface area contributed by atoms with Crippen molar-refractivity contribution in [3.63, 3.8) is 0 Å². The molecule has 0 saturated carbocycles. The number of allylic oxidation sites excluding steroid dienone is 3. The molecule has 8 nitrogen and oxygen atoms in total. The summed E-state index contributed by atoms with van der Waals surface area (Å²) in [5.74, 6) is -1.47. The van der Waals surface area contributed by atoms with E-state index in [1.54, 1.807) is 37.4 Å². The molecule has 1 aromatic carbocycles. The first-order valence-electron chi connectivity index (χ1n) is 13.6. The first-order chi connectivity index (χ1) is 19.3. The number of nitrogens with one attached hydrogen (secondary N) is 1. The second kappa shape index (κ2) is 10.6. The standard InChI is InChI=1S/C30H34F2N4O4S/c1-29(2,3)40-28(37)34-24-8-13-35(14-9-24)26-7-12-33-27-25(26)10-15-36(27)41(38,39)30(4)11-5-6-20(19-30)21-16-22(31)18-23(32)17-21/h5-7,10,12,15-19,24H,8-9,11,13-14H2,1-4H3,(H,34,37). The molecule has 1 saturated heterocycles. The minimum absolute atomic E-state index is 0.0183. The van der Waals surface area contributed by atoms with Crippen LogP contribution >= 0.6 is 0 Å². The molecule has 0 radical (unpaired) electrons. The van der Waals surface area contributed by atoms with E-state index in [-0.39, 0.29) is 18.0 Å². The van der Waals surface area contributed by atoms with Gasteiger partial charge < -0.3 is 15.0 Å². The van der Waals surface area contributed by atoms with Crippen LogP contribution in [0.25, 0.3) is 16.6 Å². The number of halogens is 2. The van der Waals surface area contributed by atoms with Gasteiger partial charge in [-0.15, -0.1) is 0 Å². The van der Waals surface area contributed by atoms with Crippen LogP contribution < -0.4 is 10.2 Å². The minimum atomic E-state index is -4.03. The second-order valence-corrected chi connectivity index (χ2v) is 14.0. The van der Waals surface area contributed by atoms with E-state index in [0.29, 0.717) is 42.5 Å². The van der Waals surface area contributed by atoms with Crippen molar-refractivity contribution in [2.75, 3.05) is 18.0 Å². The number of alkyl carbamates (subject to hydrolysis) is 1. The average Bonchev–Trinajstić information content (AvgIpc) is 3.33. The number of benzene rings is 1. The molecule has 1 atom stereocenters. The summed E-state index contributed by atoms with van der Waals surface area (Å²) < 4.78 is 61.1. The third-order valence-corrected chi connectivity index (χ3v) is 9.69. The molecule has 3 heterocycles. The summed E-state index contributed by atoms with van der Waals surface area (Å²) in [7, 11) is -4.03. The molecule has 0 spiro atoms. The van der Waals surface area contributed by atoms with Crippen LogP contribution in [0.1, 0.15) is 52.5 Å². The lowest BCUT2D eigenvalue weighted by atomic mass is 9.93. The molecule has 1 aliphatic carbocycles. The normalized spacial score (nSPS) is 20.2. The van der Waals surface area contributed by atoms with Crippen LogP contribution in [0.3, 0.4) is 0 Å². The summed E-state index contributed by atoms with van der Waals surface area (Å²) >= 11 is 0. The molecule has 2 aromatic heterocycles. The fourth-order valence-electron chi connectivity index (χ4n) is 5.37. The molecule has 0 bridgehead atoms. The molecular formula is C30H34F2N4O4S. The van der Waals surface area contributed by atoms with Gasteiger partial charge in [0.25, 0.3) is 0 Å². The number of hydrogen-bond donors (Lipinski definition) is 1. The topological polar surface area (TPSA) is 93.5 Å². The van der Waals surface area contributed by atoms with Crippen molar-refractivity contribution in [3.8, 4) is 0 Å². The highest BCUT2D eigenvalue weighted by molar-refractivity contribution is 7.91. The molecule has 1 fully saturated rings. The van der Waals surface area contributed by atoms with Crippen molar-refractivity contribution >= 4 is 38.4 Å². The van der Waals surface area contributed by atoms with Gasteiger partial charge in [-0.2, -0.15) is 0 Å². The third kappa shape index (κ3) is 5.86.